The van der Waals surface area contributed by atoms with Crippen molar-refractivity contribution in [3.63, 3.8) is 0 Å². The largest absolute Gasteiger partial charge is 0.474 e. The number of hydrogen-bond acceptors (Lipinski definition) is 6. The molecule has 2 aromatic heterocycles. The lowest BCUT2D eigenvalue weighted by atomic mass is 9.94. The van der Waals surface area contributed by atoms with Crippen molar-refractivity contribution < 1.29 is 13.2 Å². The van der Waals surface area contributed by atoms with Crippen LogP contribution in [0.4, 0.5) is 0 Å². The van der Waals surface area contributed by atoms with Crippen molar-refractivity contribution in [2.45, 2.75) is 49.8 Å². The average Bonchev–Trinajstić information content (AvgIpc) is 2.97. The second kappa shape index (κ2) is 7.43. The highest BCUT2D eigenvalue weighted by Gasteiger charge is 2.28. The van der Waals surface area contributed by atoms with Crippen LogP contribution in [0.15, 0.2) is 29.6 Å². The van der Waals surface area contributed by atoms with Crippen molar-refractivity contribution in [3.05, 3.63) is 35.9 Å². The number of nitrogens with zero attached hydrogens (tertiary/aromatic N) is 4. The number of pyridine rings is 1. The van der Waals surface area contributed by atoms with E-state index >= 15 is 0 Å². The van der Waals surface area contributed by atoms with Gasteiger partial charge in [0.05, 0.1) is 5.56 Å². The molecule has 0 radical (unpaired) electrons. The maximum atomic E-state index is 12.4. The van der Waals surface area contributed by atoms with E-state index in [4.69, 9.17) is 10.00 Å². The van der Waals surface area contributed by atoms with E-state index in [1.165, 1.54) is 12.4 Å². The molecule has 1 fully saturated rings. The van der Waals surface area contributed by atoms with E-state index in [1.807, 2.05) is 6.07 Å². The van der Waals surface area contributed by atoms with Gasteiger partial charge in [-0.15, -0.1) is 0 Å². The van der Waals surface area contributed by atoms with Gasteiger partial charge < -0.3 is 9.30 Å². The van der Waals surface area contributed by atoms with Crippen LogP contribution >= 0.6 is 0 Å². The number of ether oxygens (including phenoxy) is 1. The molecule has 1 aliphatic rings. The zero-order chi connectivity index (χ0) is 18.7. The maximum Gasteiger partial charge on any atom is 0.259 e. The van der Waals surface area contributed by atoms with Crippen molar-refractivity contribution in [1.29, 1.82) is 5.26 Å². The molecule has 2 heterocycles. The van der Waals surface area contributed by atoms with Crippen LogP contribution in [0.2, 0.25) is 0 Å². The minimum atomic E-state index is -3.61. The van der Waals surface area contributed by atoms with Gasteiger partial charge >= 0.3 is 0 Å². The lowest BCUT2D eigenvalue weighted by molar-refractivity contribution is 0.138. The van der Waals surface area contributed by atoms with Crippen molar-refractivity contribution in [2.75, 3.05) is 0 Å². The molecule has 2 aromatic rings. The van der Waals surface area contributed by atoms with Gasteiger partial charge in [-0.2, -0.15) is 5.26 Å². The second-order valence-corrected chi connectivity index (χ2v) is 8.11. The summed E-state index contributed by atoms with van der Waals surface area (Å²) in [5.41, 5.74) is 0.486. The first kappa shape index (κ1) is 18.4. The van der Waals surface area contributed by atoms with Gasteiger partial charge in [0.1, 0.15) is 18.0 Å². The summed E-state index contributed by atoms with van der Waals surface area (Å²) in [4.78, 5) is 8.19. The molecule has 0 saturated heterocycles. The third-order valence-corrected chi connectivity index (χ3v) is 5.90. The number of imidazole rings is 1. The van der Waals surface area contributed by atoms with Crippen LogP contribution < -0.4 is 9.46 Å². The summed E-state index contributed by atoms with van der Waals surface area (Å²) in [6, 6.07) is 5.23. The van der Waals surface area contributed by atoms with E-state index in [9.17, 15) is 8.42 Å². The third-order valence-electron chi connectivity index (χ3n) is 4.51. The standard InChI is InChI=1S/C17H21N5O3S/c1-12-20-17(11-22(12)2)26(23,24)21-14-4-6-15(7-5-14)25-16-8-3-13(9-18)10-19-16/h3,8,10-11,14-15,21H,4-7H2,1-2H3. The highest BCUT2D eigenvalue weighted by molar-refractivity contribution is 7.89. The monoisotopic (exact) mass is 375 g/mol. The Morgan fingerprint density at radius 2 is 2.04 bits per heavy atom. The fourth-order valence-corrected chi connectivity index (χ4v) is 4.27. The van der Waals surface area contributed by atoms with Crippen LogP contribution in [0.5, 0.6) is 5.88 Å². The lowest BCUT2D eigenvalue weighted by Gasteiger charge is -2.28. The molecule has 0 spiro atoms. The molecular formula is C17H21N5O3S. The minimum absolute atomic E-state index is 0.00622. The highest BCUT2D eigenvalue weighted by atomic mass is 32.2. The quantitative estimate of drug-likeness (QED) is 0.851. The smallest absolute Gasteiger partial charge is 0.259 e. The highest BCUT2D eigenvalue weighted by Crippen LogP contribution is 2.24. The molecule has 1 aliphatic carbocycles. The topological polar surface area (TPSA) is 110 Å². The molecule has 3 rings (SSSR count). The molecular weight excluding hydrogens is 354 g/mol. The number of hydrogen-bond donors (Lipinski definition) is 1. The Bertz CT molecular complexity index is 887. The Hall–Kier alpha value is -2.44. The van der Waals surface area contributed by atoms with Gasteiger partial charge in [0, 0.05) is 31.5 Å². The molecule has 1 N–H and O–H groups in total. The van der Waals surface area contributed by atoms with Gasteiger partial charge in [-0.1, -0.05) is 0 Å². The molecule has 0 amide bonds. The number of aromatic nitrogens is 3. The average molecular weight is 375 g/mol. The van der Waals surface area contributed by atoms with E-state index in [2.05, 4.69) is 14.7 Å². The summed E-state index contributed by atoms with van der Waals surface area (Å²) in [7, 11) is -1.85. The Labute approximate surface area is 152 Å². The van der Waals surface area contributed by atoms with Crippen LogP contribution in [0.25, 0.3) is 0 Å². The maximum absolute atomic E-state index is 12.4. The number of nitriles is 1. The molecule has 9 heteroatoms. The van der Waals surface area contributed by atoms with Gasteiger partial charge in [-0.25, -0.2) is 23.1 Å². The zero-order valence-corrected chi connectivity index (χ0v) is 15.5. The van der Waals surface area contributed by atoms with Crippen LogP contribution in [0, 0.1) is 18.3 Å². The number of sulfonamides is 1. The Balaban J connectivity index is 1.54. The van der Waals surface area contributed by atoms with Crippen molar-refractivity contribution in [1.82, 2.24) is 19.3 Å². The molecule has 1 saturated carbocycles. The summed E-state index contributed by atoms with van der Waals surface area (Å²) >= 11 is 0. The summed E-state index contributed by atoms with van der Waals surface area (Å²) < 4.78 is 35.1. The molecule has 0 unspecified atom stereocenters. The second-order valence-electron chi connectivity index (χ2n) is 6.45. The molecule has 0 bridgehead atoms. The van der Waals surface area contributed by atoms with Gasteiger partial charge in [-0.3, -0.25) is 0 Å². The normalized spacial score (nSPS) is 20.5. The van der Waals surface area contributed by atoms with Crippen LogP contribution in [0.1, 0.15) is 37.1 Å². The number of rotatable bonds is 5. The zero-order valence-electron chi connectivity index (χ0n) is 14.7. The van der Waals surface area contributed by atoms with Crippen LogP contribution in [0.3, 0.4) is 0 Å². The fourth-order valence-electron chi connectivity index (χ4n) is 2.92. The van der Waals surface area contributed by atoms with Crippen LogP contribution in [-0.4, -0.2) is 35.1 Å². The van der Waals surface area contributed by atoms with Gasteiger partial charge in [0.2, 0.25) is 5.88 Å². The predicted octanol–water partition coefficient (Wildman–Crippen LogP) is 1.66. The summed E-state index contributed by atoms with van der Waals surface area (Å²) in [5, 5.41) is 8.83. The summed E-state index contributed by atoms with van der Waals surface area (Å²) in [6.07, 6.45) is 5.82. The summed E-state index contributed by atoms with van der Waals surface area (Å²) in [5.74, 6) is 1.13. The Morgan fingerprint density at radius 3 is 2.58 bits per heavy atom. The van der Waals surface area contributed by atoms with E-state index in [1.54, 1.807) is 30.7 Å². The first-order valence-corrected chi connectivity index (χ1v) is 9.91. The van der Waals surface area contributed by atoms with E-state index in [0.29, 0.717) is 30.1 Å². The van der Waals surface area contributed by atoms with Crippen LogP contribution in [-0.2, 0) is 17.1 Å². The van der Waals surface area contributed by atoms with Crippen molar-refractivity contribution in [3.8, 4) is 11.9 Å². The van der Waals surface area contributed by atoms with E-state index in [-0.39, 0.29) is 17.2 Å². The van der Waals surface area contributed by atoms with Crippen molar-refractivity contribution >= 4 is 10.0 Å². The SMILES string of the molecule is Cc1nc(S(=O)(=O)NC2CCC(Oc3ccc(C#N)cn3)CC2)cn1C. The first-order chi connectivity index (χ1) is 12.4. The summed E-state index contributed by atoms with van der Waals surface area (Å²) in [6.45, 7) is 1.76. The van der Waals surface area contributed by atoms with Gasteiger partial charge in [0.25, 0.3) is 10.0 Å². The minimum Gasteiger partial charge on any atom is -0.474 e. The van der Waals surface area contributed by atoms with Gasteiger partial charge in [-0.05, 0) is 38.7 Å². The lowest BCUT2D eigenvalue weighted by Crippen LogP contribution is -2.39. The number of nitrogens with one attached hydrogen (secondary N) is 1. The van der Waals surface area contributed by atoms with E-state index in [0.717, 1.165) is 12.8 Å². The Morgan fingerprint density at radius 1 is 1.31 bits per heavy atom. The van der Waals surface area contributed by atoms with E-state index < -0.39 is 10.0 Å². The first-order valence-electron chi connectivity index (χ1n) is 8.42. The third kappa shape index (κ3) is 4.20. The molecule has 8 nitrogen and oxygen atoms in total. The molecule has 138 valence electrons. The molecule has 0 atom stereocenters. The van der Waals surface area contributed by atoms with Crippen molar-refractivity contribution in [2.24, 2.45) is 7.05 Å². The van der Waals surface area contributed by atoms with Gasteiger partial charge in [0.15, 0.2) is 5.03 Å². The predicted molar refractivity (Wildman–Crippen MR) is 93.9 cm³/mol. The number of aryl methyl sites for hydroxylation is 2. The molecule has 26 heavy (non-hydrogen) atoms. The Kier molecular flexibility index (Phi) is 5.25. The molecule has 0 aromatic carbocycles. The fraction of sp³-hybridized carbons (Fsp3) is 0.471. The molecule has 0 aliphatic heterocycles.